The first-order chi connectivity index (χ1) is 45.0. The van der Waals surface area contributed by atoms with E-state index >= 15 is 0 Å². The average molecular weight is 1370 g/mol. The lowest BCUT2D eigenvalue weighted by molar-refractivity contribution is -0.161. The lowest BCUT2D eigenvalue weighted by Gasteiger charge is -2.21. The highest BCUT2D eigenvalue weighted by Gasteiger charge is 2.30. The molecule has 0 saturated carbocycles. The van der Waals surface area contributed by atoms with Gasteiger partial charge in [0.1, 0.15) is 19.3 Å². The Bertz CT molecular complexity index is 1790. The third-order valence-corrected chi connectivity index (χ3v) is 19.2. The third-order valence-electron chi connectivity index (χ3n) is 17.3. The molecule has 19 heteroatoms. The van der Waals surface area contributed by atoms with E-state index in [4.69, 9.17) is 37.0 Å². The molecule has 552 valence electrons. The summed E-state index contributed by atoms with van der Waals surface area (Å²) in [7, 11) is -9.90. The normalized spacial score (nSPS) is 14.0. The van der Waals surface area contributed by atoms with Crippen molar-refractivity contribution < 1.29 is 80.2 Å². The Morgan fingerprint density at radius 3 is 0.731 bits per heavy atom. The van der Waals surface area contributed by atoms with E-state index in [0.717, 1.165) is 89.9 Å². The summed E-state index contributed by atoms with van der Waals surface area (Å²) < 4.78 is 68.4. The van der Waals surface area contributed by atoms with Crippen molar-refractivity contribution in [1.82, 2.24) is 0 Å². The molecule has 2 unspecified atom stereocenters. The molecule has 0 aliphatic rings. The van der Waals surface area contributed by atoms with Gasteiger partial charge in [-0.15, -0.1) is 0 Å². The zero-order valence-electron chi connectivity index (χ0n) is 60.4. The lowest BCUT2D eigenvalue weighted by Crippen LogP contribution is -2.30. The molecule has 0 aromatic heterocycles. The average Bonchev–Trinajstić information content (AvgIpc) is 2.36. The highest BCUT2D eigenvalue weighted by Crippen LogP contribution is 2.45. The molecule has 0 bridgehead atoms. The number of unbranched alkanes of at least 4 members (excludes halogenated alkanes) is 46. The van der Waals surface area contributed by atoms with Crippen LogP contribution in [0.4, 0.5) is 0 Å². The molecule has 0 aromatic rings. The Labute approximate surface area is 568 Å². The van der Waals surface area contributed by atoms with Gasteiger partial charge >= 0.3 is 39.5 Å². The second kappa shape index (κ2) is 67.3. The Hall–Kier alpha value is -1.94. The molecule has 0 saturated heterocycles. The van der Waals surface area contributed by atoms with E-state index in [2.05, 4.69) is 34.6 Å². The summed E-state index contributed by atoms with van der Waals surface area (Å²) in [6.45, 7) is 7.21. The molecule has 17 nitrogen and oxygen atoms in total. The SMILES string of the molecule is CCCCCCCCCCCCCCCCCCCCC(=O)O[C@H](COC(=O)CCCCCCCCCCCCCCCCC)COP(=O)(O)OC[C@@H](O)COP(=O)(O)OC[C@@H](COC(=O)CCCCCCCCCCCC)OC(=O)CCCCCCCCCC(C)C. The van der Waals surface area contributed by atoms with Crippen molar-refractivity contribution in [2.75, 3.05) is 39.6 Å². The van der Waals surface area contributed by atoms with Crippen LogP contribution in [0.25, 0.3) is 0 Å². The van der Waals surface area contributed by atoms with Gasteiger partial charge in [0.25, 0.3) is 0 Å². The predicted molar refractivity (Wildman–Crippen MR) is 377 cm³/mol. The van der Waals surface area contributed by atoms with Gasteiger partial charge in [-0.05, 0) is 31.6 Å². The first kappa shape index (κ1) is 91.1. The molecule has 0 spiro atoms. The summed E-state index contributed by atoms with van der Waals surface area (Å²) in [6.07, 6.45) is 55.6. The number of esters is 4. The molecular formula is C74H144O17P2. The molecule has 5 atom stereocenters. The van der Waals surface area contributed by atoms with Crippen LogP contribution in [-0.4, -0.2) is 96.7 Å². The monoisotopic (exact) mass is 1370 g/mol. The van der Waals surface area contributed by atoms with E-state index in [1.54, 1.807) is 0 Å². The molecule has 0 rings (SSSR count). The van der Waals surface area contributed by atoms with Gasteiger partial charge in [0.05, 0.1) is 26.4 Å². The molecule has 0 aromatic carbocycles. The number of aliphatic hydroxyl groups excluding tert-OH is 1. The number of carbonyl (C=O) groups excluding carboxylic acids is 4. The van der Waals surface area contributed by atoms with E-state index in [1.165, 1.54) is 212 Å². The molecule has 0 aliphatic heterocycles. The number of hydrogen-bond donors (Lipinski definition) is 3. The van der Waals surface area contributed by atoms with E-state index < -0.39 is 97.5 Å². The van der Waals surface area contributed by atoms with Crippen molar-refractivity contribution in [2.45, 2.75) is 406 Å². The van der Waals surface area contributed by atoms with Crippen molar-refractivity contribution in [3.8, 4) is 0 Å². The maximum atomic E-state index is 13.1. The Balaban J connectivity index is 5.22. The van der Waals surface area contributed by atoms with E-state index in [9.17, 15) is 43.2 Å². The number of phosphoric ester groups is 2. The highest BCUT2D eigenvalue weighted by molar-refractivity contribution is 7.47. The molecule has 0 aliphatic carbocycles. The fourth-order valence-corrected chi connectivity index (χ4v) is 12.9. The Morgan fingerprint density at radius 1 is 0.290 bits per heavy atom. The van der Waals surface area contributed by atoms with E-state index in [0.29, 0.717) is 31.6 Å². The molecule has 3 N–H and O–H groups in total. The quantitative estimate of drug-likeness (QED) is 0.0222. The van der Waals surface area contributed by atoms with Gasteiger partial charge < -0.3 is 33.8 Å². The van der Waals surface area contributed by atoms with Gasteiger partial charge in [0.15, 0.2) is 12.2 Å². The van der Waals surface area contributed by atoms with E-state index in [1.807, 2.05) is 0 Å². The van der Waals surface area contributed by atoms with Crippen LogP contribution in [0, 0.1) is 5.92 Å². The summed E-state index contributed by atoms with van der Waals surface area (Å²) in [4.78, 5) is 72.7. The summed E-state index contributed by atoms with van der Waals surface area (Å²) in [5.41, 5.74) is 0. The number of rotatable bonds is 74. The van der Waals surface area contributed by atoms with Crippen LogP contribution in [0.15, 0.2) is 0 Å². The zero-order chi connectivity index (χ0) is 68.4. The van der Waals surface area contributed by atoms with Crippen molar-refractivity contribution in [3.63, 3.8) is 0 Å². The second-order valence-corrected chi connectivity index (χ2v) is 30.1. The van der Waals surface area contributed by atoms with Crippen molar-refractivity contribution >= 4 is 39.5 Å². The lowest BCUT2D eigenvalue weighted by atomic mass is 10.0. The van der Waals surface area contributed by atoms with Gasteiger partial charge in [-0.3, -0.25) is 37.3 Å². The summed E-state index contributed by atoms with van der Waals surface area (Å²) >= 11 is 0. The van der Waals surface area contributed by atoms with Crippen molar-refractivity contribution in [2.24, 2.45) is 5.92 Å². The van der Waals surface area contributed by atoms with Gasteiger partial charge in [-0.2, -0.15) is 0 Å². The van der Waals surface area contributed by atoms with Crippen molar-refractivity contribution in [1.29, 1.82) is 0 Å². The second-order valence-electron chi connectivity index (χ2n) is 27.2. The van der Waals surface area contributed by atoms with Crippen LogP contribution in [-0.2, 0) is 65.4 Å². The van der Waals surface area contributed by atoms with E-state index in [-0.39, 0.29) is 25.7 Å². The van der Waals surface area contributed by atoms with Crippen molar-refractivity contribution in [3.05, 3.63) is 0 Å². The van der Waals surface area contributed by atoms with Crippen LogP contribution in [0.5, 0.6) is 0 Å². The fraction of sp³-hybridized carbons (Fsp3) is 0.946. The fourth-order valence-electron chi connectivity index (χ4n) is 11.4. The van der Waals surface area contributed by atoms with Gasteiger partial charge in [0, 0.05) is 25.7 Å². The predicted octanol–water partition coefficient (Wildman–Crippen LogP) is 21.7. The van der Waals surface area contributed by atoms with Crippen LogP contribution in [0.1, 0.15) is 388 Å². The largest absolute Gasteiger partial charge is 0.472 e. The third kappa shape index (κ3) is 68.4. The Morgan fingerprint density at radius 2 is 0.495 bits per heavy atom. The minimum atomic E-state index is -4.95. The Kier molecular flexibility index (Phi) is 65.9. The molecule has 0 amide bonds. The van der Waals surface area contributed by atoms with Crippen LogP contribution in [0.2, 0.25) is 0 Å². The van der Waals surface area contributed by atoms with Gasteiger partial charge in [-0.25, -0.2) is 9.13 Å². The van der Waals surface area contributed by atoms with Crippen LogP contribution >= 0.6 is 15.6 Å². The zero-order valence-corrected chi connectivity index (χ0v) is 62.2. The maximum absolute atomic E-state index is 13.1. The highest BCUT2D eigenvalue weighted by atomic mass is 31.2. The number of phosphoric acid groups is 2. The first-order valence-corrected chi connectivity index (χ1v) is 41.6. The molecule has 0 fully saturated rings. The smallest absolute Gasteiger partial charge is 0.462 e. The van der Waals surface area contributed by atoms with Gasteiger partial charge in [-0.1, -0.05) is 336 Å². The minimum Gasteiger partial charge on any atom is -0.462 e. The number of aliphatic hydroxyl groups is 1. The molecule has 93 heavy (non-hydrogen) atoms. The topological polar surface area (TPSA) is 237 Å². The number of hydrogen-bond acceptors (Lipinski definition) is 15. The molecular weight excluding hydrogens is 1220 g/mol. The maximum Gasteiger partial charge on any atom is 0.472 e. The number of ether oxygens (including phenoxy) is 4. The summed E-state index contributed by atoms with van der Waals surface area (Å²) in [5.74, 6) is -1.42. The minimum absolute atomic E-state index is 0.104. The van der Waals surface area contributed by atoms with Crippen LogP contribution in [0.3, 0.4) is 0 Å². The number of carbonyl (C=O) groups is 4. The summed E-state index contributed by atoms with van der Waals surface area (Å²) in [5, 5.41) is 10.6. The molecule has 0 heterocycles. The van der Waals surface area contributed by atoms with Crippen LogP contribution < -0.4 is 0 Å². The van der Waals surface area contributed by atoms with Gasteiger partial charge in [0.2, 0.25) is 0 Å². The first-order valence-electron chi connectivity index (χ1n) is 38.6. The summed E-state index contributed by atoms with van der Waals surface area (Å²) in [6, 6.07) is 0. The molecule has 0 radical (unpaired) electrons. The standard InChI is InChI=1S/C74H144O17P2/c1-6-9-12-15-18-21-24-26-28-29-30-32-34-36-39-44-49-54-59-73(78)90-69(63-85-72(77)58-53-48-43-38-35-33-31-27-25-22-19-16-13-10-7-2)65-88-92(80,81)86-61-68(75)62-87-93(82,83)89-66-70(91-74(79)60-55-50-45-40-41-46-51-56-67(4)5)64-84-71(76)57-52-47-42-37-23-20-17-14-11-8-3/h67-70,75H,6-66H2,1-5H3,(H,80,81)(H,82,83)/t68-,69-,70-/m1/s1.